The molecule has 0 saturated carbocycles. The summed E-state index contributed by atoms with van der Waals surface area (Å²) >= 11 is 0. The average Bonchev–Trinajstić information content (AvgIpc) is 2.67. The van der Waals surface area contributed by atoms with Crippen molar-refractivity contribution in [3.63, 3.8) is 0 Å². The van der Waals surface area contributed by atoms with Crippen LogP contribution in [-0.2, 0) is 0 Å². The van der Waals surface area contributed by atoms with E-state index in [-0.39, 0.29) is 0 Å². The fourth-order valence-corrected chi connectivity index (χ4v) is 0.833. The first-order valence-electron chi connectivity index (χ1n) is 3.74. The van der Waals surface area contributed by atoms with E-state index < -0.39 is 0 Å². The van der Waals surface area contributed by atoms with Crippen LogP contribution in [0.2, 0.25) is 0 Å². The van der Waals surface area contributed by atoms with E-state index in [2.05, 4.69) is 28.9 Å². The highest BCUT2D eigenvalue weighted by Gasteiger charge is 1.82. The van der Waals surface area contributed by atoms with Gasteiger partial charge in [0.05, 0.1) is 0 Å². The Morgan fingerprint density at radius 1 is 1.00 bits per heavy atom. The Bertz CT molecular complexity index is 99.2. The van der Waals surface area contributed by atoms with Gasteiger partial charge in [0.15, 0.2) is 0 Å². The molecule has 2 aliphatic heterocycles. The lowest BCUT2D eigenvalue weighted by molar-refractivity contribution is 0.892. The summed E-state index contributed by atoms with van der Waals surface area (Å²) in [5, 5.41) is 6.15. The Morgan fingerprint density at radius 3 is 2.00 bits per heavy atom. The predicted octanol–water partition coefficient (Wildman–Crippen LogP) is 0.639. The zero-order chi connectivity index (χ0) is 7.07. The monoisotopic (exact) mass is 138 g/mol. The Balaban J connectivity index is 0.0000001000. The van der Waals surface area contributed by atoms with Crippen molar-refractivity contribution in [2.45, 2.75) is 6.42 Å². The van der Waals surface area contributed by atoms with Gasteiger partial charge in [-0.15, -0.1) is 0 Å². The molecule has 0 amide bonds. The third-order valence-electron chi connectivity index (χ3n) is 1.38. The molecule has 0 fully saturated rings. The van der Waals surface area contributed by atoms with Crippen LogP contribution in [0.25, 0.3) is 0 Å². The molecule has 0 aromatic rings. The standard InChI is InChI=1S/2C4H7N/c2*1-2-4-5-3-1/h1,3,5H,2,4H2;1-2,5H,3-4H2. The molecule has 0 saturated heterocycles. The largest absolute Gasteiger partial charge is 0.391 e. The van der Waals surface area contributed by atoms with Crippen LogP contribution in [0, 0.1) is 0 Å². The van der Waals surface area contributed by atoms with Crippen molar-refractivity contribution < 1.29 is 0 Å². The zero-order valence-electron chi connectivity index (χ0n) is 6.14. The molecule has 10 heavy (non-hydrogen) atoms. The van der Waals surface area contributed by atoms with Crippen LogP contribution >= 0.6 is 0 Å². The second-order valence-electron chi connectivity index (χ2n) is 2.27. The van der Waals surface area contributed by atoms with Gasteiger partial charge in [0.2, 0.25) is 0 Å². The first-order chi connectivity index (χ1) is 5.00. The van der Waals surface area contributed by atoms with Gasteiger partial charge in [-0.1, -0.05) is 18.2 Å². The van der Waals surface area contributed by atoms with Crippen molar-refractivity contribution in [3.8, 4) is 0 Å². The smallest absolute Gasteiger partial charge is 0.0176 e. The van der Waals surface area contributed by atoms with Crippen LogP contribution < -0.4 is 10.6 Å². The average molecular weight is 138 g/mol. The van der Waals surface area contributed by atoms with Crippen molar-refractivity contribution in [1.82, 2.24) is 10.6 Å². The first-order valence-corrected chi connectivity index (χ1v) is 3.74. The molecule has 0 aromatic carbocycles. The molecule has 0 unspecified atom stereocenters. The van der Waals surface area contributed by atoms with Gasteiger partial charge in [-0.3, -0.25) is 0 Å². The molecule has 0 aliphatic carbocycles. The van der Waals surface area contributed by atoms with Crippen LogP contribution in [0.5, 0.6) is 0 Å². The minimum atomic E-state index is 1.07. The Hall–Kier alpha value is -0.760. The highest BCUT2D eigenvalue weighted by Crippen LogP contribution is 1.84. The maximum atomic E-state index is 3.11. The molecule has 2 nitrogen and oxygen atoms in total. The lowest BCUT2D eigenvalue weighted by Gasteiger charge is -1.78. The molecule has 0 aromatic heterocycles. The fourth-order valence-electron chi connectivity index (χ4n) is 0.833. The SMILES string of the molecule is C1=CCNC1.C1=CNCC1. The number of hydrogen-bond donors (Lipinski definition) is 2. The summed E-state index contributed by atoms with van der Waals surface area (Å²) in [6.45, 7) is 3.28. The lowest BCUT2D eigenvalue weighted by Crippen LogP contribution is -2.04. The molecule has 0 atom stereocenters. The molecule has 2 rings (SSSR count). The van der Waals surface area contributed by atoms with Crippen LogP contribution in [0.3, 0.4) is 0 Å². The zero-order valence-corrected chi connectivity index (χ0v) is 6.14. The fraction of sp³-hybridized carbons (Fsp3) is 0.500. The van der Waals surface area contributed by atoms with Crippen LogP contribution in [-0.4, -0.2) is 19.6 Å². The van der Waals surface area contributed by atoms with E-state index in [0.717, 1.165) is 19.6 Å². The Labute approximate surface area is 62.0 Å². The summed E-state index contributed by atoms with van der Waals surface area (Å²) in [4.78, 5) is 0. The topological polar surface area (TPSA) is 24.1 Å². The highest BCUT2D eigenvalue weighted by molar-refractivity contribution is 4.92. The Kier molecular flexibility index (Phi) is 3.72. The minimum Gasteiger partial charge on any atom is -0.391 e. The minimum absolute atomic E-state index is 1.07. The number of rotatable bonds is 0. The van der Waals surface area contributed by atoms with Gasteiger partial charge < -0.3 is 10.6 Å². The summed E-state index contributed by atoms with van der Waals surface area (Å²) in [5.74, 6) is 0. The summed E-state index contributed by atoms with van der Waals surface area (Å²) in [5.41, 5.74) is 0. The second kappa shape index (κ2) is 5.06. The van der Waals surface area contributed by atoms with E-state index in [4.69, 9.17) is 0 Å². The summed E-state index contributed by atoms with van der Waals surface area (Å²) < 4.78 is 0. The van der Waals surface area contributed by atoms with Gasteiger partial charge in [0.1, 0.15) is 0 Å². The summed E-state index contributed by atoms with van der Waals surface area (Å²) in [7, 11) is 0. The highest BCUT2D eigenvalue weighted by atomic mass is 14.9. The van der Waals surface area contributed by atoms with Gasteiger partial charge >= 0.3 is 0 Å². The first kappa shape index (κ1) is 7.35. The molecule has 0 bridgehead atoms. The molecular weight excluding hydrogens is 124 g/mol. The lowest BCUT2D eigenvalue weighted by atomic mass is 10.5. The molecule has 2 N–H and O–H groups in total. The third-order valence-corrected chi connectivity index (χ3v) is 1.38. The Morgan fingerprint density at radius 2 is 1.80 bits per heavy atom. The van der Waals surface area contributed by atoms with Gasteiger partial charge in [0.25, 0.3) is 0 Å². The van der Waals surface area contributed by atoms with Crippen molar-refractivity contribution in [2.75, 3.05) is 19.6 Å². The second-order valence-corrected chi connectivity index (χ2v) is 2.27. The van der Waals surface area contributed by atoms with Gasteiger partial charge in [-0.2, -0.15) is 0 Å². The molecule has 0 radical (unpaired) electrons. The van der Waals surface area contributed by atoms with E-state index in [1.54, 1.807) is 0 Å². The number of hydrogen-bond acceptors (Lipinski definition) is 2. The van der Waals surface area contributed by atoms with Gasteiger partial charge in [0, 0.05) is 19.6 Å². The van der Waals surface area contributed by atoms with Gasteiger partial charge in [-0.25, -0.2) is 0 Å². The van der Waals surface area contributed by atoms with E-state index in [1.807, 2.05) is 6.20 Å². The van der Waals surface area contributed by atoms with E-state index in [9.17, 15) is 0 Å². The van der Waals surface area contributed by atoms with Crippen molar-refractivity contribution >= 4 is 0 Å². The summed E-state index contributed by atoms with van der Waals surface area (Å²) in [6, 6.07) is 0. The normalized spacial score (nSPS) is 20.0. The maximum Gasteiger partial charge on any atom is 0.0176 e. The summed E-state index contributed by atoms with van der Waals surface area (Å²) in [6.07, 6.45) is 9.57. The third kappa shape index (κ3) is 3.30. The van der Waals surface area contributed by atoms with Crippen molar-refractivity contribution in [3.05, 3.63) is 24.4 Å². The van der Waals surface area contributed by atoms with Crippen LogP contribution in [0.4, 0.5) is 0 Å². The molecule has 2 heterocycles. The quantitative estimate of drug-likeness (QED) is 0.480. The number of nitrogens with one attached hydrogen (secondary N) is 2. The molecule has 2 aliphatic rings. The van der Waals surface area contributed by atoms with E-state index >= 15 is 0 Å². The van der Waals surface area contributed by atoms with Crippen LogP contribution in [0.1, 0.15) is 6.42 Å². The molecule has 56 valence electrons. The predicted molar refractivity (Wildman–Crippen MR) is 43.8 cm³/mol. The van der Waals surface area contributed by atoms with Crippen molar-refractivity contribution in [1.29, 1.82) is 0 Å². The van der Waals surface area contributed by atoms with E-state index in [0.29, 0.717) is 0 Å². The van der Waals surface area contributed by atoms with E-state index in [1.165, 1.54) is 6.42 Å². The van der Waals surface area contributed by atoms with Crippen LogP contribution in [0.15, 0.2) is 24.4 Å². The van der Waals surface area contributed by atoms with Gasteiger partial charge in [-0.05, 0) is 12.6 Å². The maximum absolute atomic E-state index is 3.11. The van der Waals surface area contributed by atoms with Crippen molar-refractivity contribution in [2.24, 2.45) is 0 Å². The molecule has 0 spiro atoms. The molecule has 2 heteroatoms. The molecular formula is C8H14N2.